The Labute approximate surface area is 174 Å². The molecule has 1 aliphatic rings. The van der Waals surface area contributed by atoms with Crippen LogP contribution in [0.1, 0.15) is 11.1 Å². The maximum absolute atomic E-state index is 10.6. The van der Waals surface area contributed by atoms with Gasteiger partial charge in [0.15, 0.2) is 0 Å². The van der Waals surface area contributed by atoms with E-state index in [4.69, 9.17) is 11.6 Å². The molecule has 1 saturated heterocycles. The fourth-order valence-corrected chi connectivity index (χ4v) is 4.15. The van der Waals surface area contributed by atoms with Gasteiger partial charge in [0.1, 0.15) is 0 Å². The van der Waals surface area contributed by atoms with Gasteiger partial charge < -0.3 is 15.3 Å². The minimum atomic E-state index is -1.000. The first kappa shape index (κ1) is 20.1. The second-order valence-corrected chi connectivity index (χ2v) is 7.87. The first-order valence-electron chi connectivity index (χ1n) is 9.63. The van der Waals surface area contributed by atoms with Crippen LogP contribution in [-0.2, 0) is 13.0 Å². The minimum Gasteiger partial charge on any atom is -0.395 e. The van der Waals surface area contributed by atoms with Crippen molar-refractivity contribution >= 4 is 11.6 Å². The molecular formula is C22H24ClN3O3. The third-order valence-corrected chi connectivity index (χ3v) is 5.81. The summed E-state index contributed by atoms with van der Waals surface area (Å²) >= 11 is 5.95. The number of halogens is 1. The number of benzene rings is 2. The molecule has 7 heteroatoms. The first-order valence-corrected chi connectivity index (χ1v) is 10.0. The Balaban J connectivity index is 1.56. The zero-order valence-corrected chi connectivity index (χ0v) is 16.6. The molecule has 4 atom stereocenters. The standard InChI is InChI=1S/C22H24ClN3O3/c23-17-6-8-18(9-7-17)26-13-16(11-24-26)12-25-19(10-15-4-2-1-3-5-15)21(28)22(29)20(25)14-27/h1-9,11,13,19-22,27-29H,10,12,14H2/t19-,20+,21-,22+/m0/s1. The first-order chi connectivity index (χ1) is 14.1. The number of aliphatic hydroxyl groups is 3. The van der Waals surface area contributed by atoms with Crippen LogP contribution in [0.5, 0.6) is 0 Å². The van der Waals surface area contributed by atoms with Crippen LogP contribution in [0.2, 0.25) is 5.02 Å². The van der Waals surface area contributed by atoms with Crippen LogP contribution >= 0.6 is 11.6 Å². The van der Waals surface area contributed by atoms with E-state index in [-0.39, 0.29) is 12.6 Å². The van der Waals surface area contributed by atoms with E-state index in [0.717, 1.165) is 16.8 Å². The molecule has 3 N–H and O–H groups in total. The maximum Gasteiger partial charge on any atom is 0.0991 e. The zero-order valence-electron chi connectivity index (χ0n) is 15.8. The van der Waals surface area contributed by atoms with Crippen molar-refractivity contribution in [3.8, 4) is 5.69 Å². The second-order valence-electron chi connectivity index (χ2n) is 7.43. The summed E-state index contributed by atoms with van der Waals surface area (Å²) in [5.74, 6) is 0. The van der Waals surface area contributed by atoms with E-state index < -0.39 is 18.2 Å². The van der Waals surface area contributed by atoms with Gasteiger partial charge in [0.05, 0.1) is 36.7 Å². The van der Waals surface area contributed by atoms with Crippen molar-refractivity contribution in [3.63, 3.8) is 0 Å². The van der Waals surface area contributed by atoms with Gasteiger partial charge in [-0.1, -0.05) is 41.9 Å². The van der Waals surface area contributed by atoms with Gasteiger partial charge in [-0.15, -0.1) is 0 Å². The van der Waals surface area contributed by atoms with Gasteiger partial charge in [-0.05, 0) is 36.2 Å². The summed E-state index contributed by atoms with van der Waals surface area (Å²) in [6, 6.07) is 16.4. The molecule has 0 unspecified atom stereocenters. The molecule has 0 radical (unpaired) electrons. The van der Waals surface area contributed by atoms with E-state index in [1.165, 1.54) is 0 Å². The van der Waals surface area contributed by atoms with Crippen molar-refractivity contribution in [2.45, 2.75) is 37.3 Å². The quantitative estimate of drug-likeness (QED) is 0.576. The molecule has 0 saturated carbocycles. The maximum atomic E-state index is 10.6. The van der Waals surface area contributed by atoms with Crippen molar-refractivity contribution in [1.29, 1.82) is 0 Å². The lowest BCUT2D eigenvalue weighted by molar-refractivity contribution is 0.0178. The lowest BCUT2D eigenvalue weighted by Gasteiger charge is -2.29. The van der Waals surface area contributed by atoms with Gasteiger partial charge in [0, 0.05) is 29.4 Å². The average molecular weight is 414 g/mol. The Morgan fingerprint density at radius 3 is 2.28 bits per heavy atom. The van der Waals surface area contributed by atoms with Crippen LogP contribution in [0.4, 0.5) is 0 Å². The Morgan fingerprint density at radius 2 is 1.59 bits per heavy atom. The number of nitrogens with zero attached hydrogens (tertiary/aromatic N) is 3. The van der Waals surface area contributed by atoms with Gasteiger partial charge in [0.2, 0.25) is 0 Å². The molecule has 1 aliphatic heterocycles. The van der Waals surface area contributed by atoms with Crippen molar-refractivity contribution in [3.05, 3.63) is 83.1 Å². The lowest BCUT2D eigenvalue weighted by Crippen LogP contribution is -2.41. The van der Waals surface area contributed by atoms with Crippen molar-refractivity contribution < 1.29 is 15.3 Å². The molecule has 2 heterocycles. The predicted octanol–water partition coefficient (Wildman–Crippen LogP) is 2.04. The molecule has 4 rings (SSSR count). The summed E-state index contributed by atoms with van der Waals surface area (Å²) in [5, 5.41) is 36.0. The van der Waals surface area contributed by atoms with E-state index in [1.807, 2.05) is 65.7 Å². The third kappa shape index (κ3) is 4.22. The van der Waals surface area contributed by atoms with Crippen molar-refractivity contribution in [2.75, 3.05) is 6.61 Å². The van der Waals surface area contributed by atoms with Crippen LogP contribution in [0.15, 0.2) is 67.0 Å². The molecule has 0 bridgehead atoms. The number of hydrogen-bond acceptors (Lipinski definition) is 5. The van der Waals surface area contributed by atoms with Crippen LogP contribution < -0.4 is 0 Å². The van der Waals surface area contributed by atoms with Gasteiger partial charge in [0.25, 0.3) is 0 Å². The van der Waals surface area contributed by atoms with Crippen LogP contribution in [0.3, 0.4) is 0 Å². The lowest BCUT2D eigenvalue weighted by atomic mass is 10.0. The Bertz CT molecular complexity index is 932. The molecule has 152 valence electrons. The Hall–Kier alpha value is -2.22. The summed E-state index contributed by atoms with van der Waals surface area (Å²) in [7, 11) is 0. The molecule has 0 aliphatic carbocycles. The predicted molar refractivity (Wildman–Crippen MR) is 111 cm³/mol. The molecule has 1 fully saturated rings. The average Bonchev–Trinajstić information content (AvgIpc) is 3.28. The number of likely N-dealkylation sites (tertiary alicyclic amines) is 1. The van der Waals surface area contributed by atoms with Crippen LogP contribution in [0.25, 0.3) is 5.69 Å². The number of aliphatic hydroxyl groups excluding tert-OH is 3. The topological polar surface area (TPSA) is 81.8 Å². The fourth-order valence-electron chi connectivity index (χ4n) is 4.02. The van der Waals surface area contributed by atoms with Gasteiger partial charge >= 0.3 is 0 Å². The Kier molecular flexibility index (Phi) is 5.99. The molecule has 0 spiro atoms. The highest BCUT2D eigenvalue weighted by Crippen LogP contribution is 2.29. The molecule has 3 aromatic rings. The number of hydrogen-bond donors (Lipinski definition) is 3. The number of aromatic nitrogens is 2. The van der Waals surface area contributed by atoms with Crippen molar-refractivity contribution in [1.82, 2.24) is 14.7 Å². The van der Waals surface area contributed by atoms with Gasteiger partial charge in [-0.3, -0.25) is 4.90 Å². The van der Waals surface area contributed by atoms with Crippen LogP contribution in [0, 0.1) is 0 Å². The Morgan fingerprint density at radius 1 is 0.897 bits per heavy atom. The molecule has 2 aromatic carbocycles. The fraction of sp³-hybridized carbons (Fsp3) is 0.318. The van der Waals surface area contributed by atoms with E-state index >= 15 is 0 Å². The van der Waals surface area contributed by atoms with E-state index in [9.17, 15) is 15.3 Å². The van der Waals surface area contributed by atoms with E-state index in [0.29, 0.717) is 18.0 Å². The summed E-state index contributed by atoms with van der Waals surface area (Å²) in [4.78, 5) is 1.98. The molecule has 1 aromatic heterocycles. The largest absolute Gasteiger partial charge is 0.395 e. The molecule has 0 amide bonds. The number of rotatable bonds is 6. The highest BCUT2D eigenvalue weighted by Gasteiger charge is 2.47. The smallest absolute Gasteiger partial charge is 0.0991 e. The highest BCUT2D eigenvalue weighted by atomic mass is 35.5. The third-order valence-electron chi connectivity index (χ3n) is 5.56. The minimum absolute atomic E-state index is 0.227. The summed E-state index contributed by atoms with van der Waals surface area (Å²) < 4.78 is 1.76. The van der Waals surface area contributed by atoms with E-state index in [2.05, 4.69) is 5.10 Å². The highest BCUT2D eigenvalue weighted by molar-refractivity contribution is 6.30. The monoisotopic (exact) mass is 413 g/mol. The van der Waals surface area contributed by atoms with Crippen LogP contribution in [-0.4, -0.2) is 60.9 Å². The summed E-state index contributed by atoms with van der Waals surface area (Å²) in [5.41, 5.74) is 2.89. The zero-order chi connectivity index (χ0) is 20.4. The summed E-state index contributed by atoms with van der Waals surface area (Å²) in [6.07, 6.45) is 2.33. The SMILES string of the molecule is OC[C@@H]1[C@@H](O)[C@@H](O)[C@H](Cc2ccccc2)N1Cc1cnn(-c2ccc(Cl)cc2)c1. The normalized spacial score (nSPS) is 24.8. The summed E-state index contributed by atoms with van der Waals surface area (Å²) in [6.45, 7) is 0.235. The van der Waals surface area contributed by atoms with Gasteiger partial charge in [-0.25, -0.2) is 4.68 Å². The van der Waals surface area contributed by atoms with E-state index in [1.54, 1.807) is 10.9 Å². The molecule has 6 nitrogen and oxygen atoms in total. The van der Waals surface area contributed by atoms with Gasteiger partial charge in [-0.2, -0.15) is 5.10 Å². The molecular weight excluding hydrogens is 390 g/mol. The molecule has 29 heavy (non-hydrogen) atoms. The second kappa shape index (κ2) is 8.65. The van der Waals surface area contributed by atoms with Crippen molar-refractivity contribution in [2.24, 2.45) is 0 Å².